The van der Waals surface area contributed by atoms with E-state index >= 15 is 0 Å². The number of nitrogens with one attached hydrogen (secondary N) is 1. The molecule has 2 aromatic heterocycles. The van der Waals surface area contributed by atoms with E-state index in [0.29, 0.717) is 11.4 Å². The van der Waals surface area contributed by atoms with E-state index in [1.54, 1.807) is 0 Å². The Labute approximate surface area is 109 Å². The smallest absolute Gasteiger partial charge is 0.252 e. The molecule has 0 radical (unpaired) electrons. The lowest BCUT2D eigenvalue weighted by atomic mass is 10.2. The summed E-state index contributed by atoms with van der Waals surface area (Å²) in [7, 11) is 0. The minimum Gasteiger partial charge on any atom is -0.350 e. The van der Waals surface area contributed by atoms with Crippen molar-refractivity contribution in [2.75, 3.05) is 0 Å². The average Bonchev–Trinajstić information content (AvgIpc) is 2.84. The summed E-state index contributed by atoms with van der Waals surface area (Å²) in [6.07, 6.45) is 2.67. The van der Waals surface area contributed by atoms with Crippen LogP contribution in [0.2, 0.25) is 0 Å². The van der Waals surface area contributed by atoms with Crippen LogP contribution in [0.5, 0.6) is 0 Å². The van der Waals surface area contributed by atoms with E-state index in [0.717, 1.165) is 0 Å². The highest BCUT2D eigenvalue weighted by Gasteiger charge is 2.09. The van der Waals surface area contributed by atoms with Gasteiger partial charge in [0.15, 0.2) is 5.82 Å². The molecule has 2 heterocycles. The standard InChI is InChI=1S/C12H14N4O3/c1-8(2)14-12(18)9-3-4-11(17)16(5-9)6-10-13-7-19-15-10/h3-5,7-8H,6H2,1-2H3,(H,14,18). The van der Waals surface area contributed by atoms with Gasteiger partial charge in [-0.25, -0.2) is 0 Å². The molecule has 0 aromatic carbocycles. The van der Waals surface area contributed by atoms with Gasteiger partial charge < -0.3 is 14.4 Å². The Hall–Kier alpha value is -2.44. The van der Waals surface area contributed by atoms with E-state index in [4.69, 9.17) is 0 Å². The second-order valence-electron chi connectivity index (χ2n) is 4.36. The van der Waals surface area contributed by atoms with E-state index in [2.05, 4.69) is 20.0 Å². The number of amides is 1. The van der Waals surface area contributed by atoms with Crippen LogP contribution in [0, 0.1) is 0 Å². The van der Waals surface area contributed by atoms with Crippen LogP contribution in [0.15, 0.2) is 34.0 Å². The SMILES string of the molecule is CC(C)NC(=O)c1ccc(=O)n(Cc2ncon2)c1. The molecule has 2 rings (SSSR count). The summed E-state index contributed by atoms with van der Waals surface area (Å²) in [5, 5.41) is 6.39. The molecule has 0 fully saturated rings. The zero-order valence-corrected chi connectivity index (χ0v) is 10.7. The second-order valence-corrected chi connectivity index (χ2v) is 4.36. The first-order valence-corrected chi connectivity index (χ1v) is 5.83. The van der Waals surface area contributed by atoms with Gasteiger partial charge >= 0.3 is 0 Å². The molecular weight excluding hydrogens is 248 g/mol. The molecule has 0 saturated carbocycles. The van der Waals surface area contributed by atoms with Crippen molar-refractivity contribution in [3.8, 4) is 0 Å². The van der Waals surface area contributed by atoms with Gasteiger partial charge in [0.2, 0.25) is 6.39 Å². The number of pyridine rings is 1. The Bertz CT molecular complexity index is 616. The maximum atomic E-state index is 11.8. The molecule has 0 spiro atoms. The molecule has 0 bridgehead atoms. The molecule has 0 aliphatic rings. The molecule has 7 heteroatoms. The summed E-state index contributed by atoms with van der Waals surface area (Å²) >= 11 is 0. The Morgan fingerprint density at radius 3 is 2.89 bits per heavy atom. The van der Waals surface area contributed by atoms with E-state index in [1.807, 2.05) is 13.8 Å². The number of hydrogen-bond donors (Lipinski definition) is 1. The Morgan fingerprint density at radius 1 is 1.47 bits per heavy atom. The van der Waals surface area contributed by atoms with E-state index in [-0.39, 0.29) is 24.1 Å². The second kappa shape index (κ2) is 5.47. The van der Waals surface area contributed by atoms with Gasteiger partial charge in [0.05, 0.1) is 12.1 Å². The molecule has 0 aliphatic heterocycles. The molecule has 1 amide bonds. The van der Waals surface area contributed by atoms with Gasteiger partial charge in [0.25, 0.3) is 11.5 Å². The maximum absolute atomic E-state index is 11.8. The molecule has 0 unspecified atom stereocenters. The first-order valence-electron chi connectivity index (χ1n) is 5.83. The fourth-order valence-corrected chi connectivity index (χ4v) is 1.55. The molecule has 0 saturated heterocycles. The minimum absolute atomic E-state index is 0.0325. The fraction of sp³-hybridized carbons (Fsp3) is 0.333. The summed E-state index contributed by atoms with van der Waals surface area (Å²) in [5.74, 6) is 0.153. The number of hydrogen-bond acceptors (Lipinski definition) is 5. The summed E-state index contributed by atoms with van der Waals surface area (Å²) in [6, 6.07) is 2.87. The average molecular weight is 262 g/mol. The topological polar surface area (TPSA) is 90.0 Å². The number of carbonyl (C=O) groups excluding carboxylic acids is 1. The van der Waals surface area contributed by atoms with Crippen LogP contribution in [0.3, 0.4) is 0 Å². The van der Waals surface area contributed by atoms with Crippen LogP contribution in [0.4, 0.5) is 0 Å². The highest BCUT2D eigenvalue weighted by molar-refractivity contribution is 5.93. The third-order valence-corrected chi connectivity index (χ3v) is 2.38. The van der Waals surface area contributed by atoms with Gasteiger partial charge in [0, 0.05) is 18.3 Å². The molecular formula is C12H14N4O3. The lowest BCUT2D eigenvalue weighted by molar-refractivity contribution is 0.0942. The highest BCUT2D eigenvalue weighted by Crippen LogP contribution is 1.99. The summed E-state index contributed by atoms with van der Waals surface area (Å²) < 4.78 is 5.96. The van der Waals surface area contributed by atoms with Crippen molar-refractivity contribution in [3.05, 3.63) is 46.5 Å². The predicted octanol–water partition coefficient (Wildman–Crippen LogP) is 0.418. The molecule has 0 aliphatic carbocycles. The number of aromatic nitrogens is 3. The van der Waals surface area contributed by atoms with Crippen LogP contribution in [-0.4, -0.2) is 26.7 Å². The van der Waals surface area contributed by atoms with Crippen LogP contribution in [0.1, 0.15) is 30.0 Å². The Balaban J connectivity index is 2.24. The van der Waals surface area contributed by atoms with Crippen molar-refractivity contribution in [3.63, 3.8) is 0 Å². The predicted molar refractivity (Wildman–Crippen MR) is 66.7 cm³/mol. The number of nitrogens with zero attached hydrogens (tertiary/aromatic N) is 3. The molecule has 1 N–H and O–H groups in total. The quantitative estimate of drug-likeness (QED) is 0.862. The number of carbonyl (C=O) groups is 1. The third kappa shape index (κ3) is 3.27. The molecule has 2 aromatic rings. The normalized spacial score (nSPS) is 10.7. The minimum atomic E-state index is -0.231. The van der Waals surface area contributed by atoms with Crippen LogP contribution in [0.25, 0.3) is 0 Å². The lowest BCUT2D eigenvalue weighted by Crippen LogP contribution is -2.31. The van der Waals surface area contributed by atoms with Crippen molar-refractivity contribution in [1.82, 2.24) is 20.0 Å². The largest absolute Gasteiger partial charge is 0.350 e. The highest BCUT2D eigenvalue weighted by atomic mass is 16.5. The molecule has 19 heavy (non-hydrogen) atoms. The lowest BCUT2D eigenvalue weighted by Gasteiger charge is -2.09. The van der Waals surface area contributed by atoms with Crippen molar-refractivity contribution >= 4 is 5.91 Å². The zero-order chi connectivity index (χ0) is 13.8. The van der Waals surface area contributed by atoms with E-state index in [9.17, 15) is 9.59 Å². The van der Waals surface area contributed by atoms with Gasteiger partial charge in [0.1, 0.15) is 0 Å². The summed E-state index contributed by atoms with van der Waals surface area (Å²) in [5.41, 5.74) is 0.183. The fourth-order valence-electron chi connectivity index (χ4n) is 1.55. The van der Waals surface area contributed by atoms with Crippen LogP contribution in [-0.2, 0) is 6.54 Å². The van der Waals surface area contributed by atoms with Gasteiger partial charge in [-0.3, -0.25) is 9.59 Å². The Kier molecular flexibility index (Phi) is 3.74. The van der Waals surface area contributed by atoms with Gasteiger partial charge in [-0.15, -0.1) is 0 Å². The van der Waals surface area contributed by atoms with Gasteiger partial charge in [-0.1, -0.05) is 5.16 Å². The maximum Gasteiger partial charge on any atom is 0.252 e. The van der Waals surface area contributed by atoms with Gasteiger partial charge in [-0.2, -0.15) is 4.98 Å². The van der Waals surface area contributed by atoms with E-state index < -0.39 is 0 Å². The zero-order valence-electron chi connectivity index (χ0n) is 10.7. The van der Waals surface area contributed by atoms with Crippen molar-refractivity contribution in [1.29, 1.82) is 0 Å². The van der Waals surface area contributed by atoms with Gasteiger partial charge in [-0.05, 0) is 19.9 Å². The van der Waals surface area contributed by atoms with Crippen LogP contribution >= 0.6 is 0 Å². The first kappa shape index (κ1) is 13.0. The van der Waals surface area contributed by atoms with E-state index in [1.165, 1.54) is 29.3 Å². The van der Waals surface area contributed by atoms with Crippen molar-refractivity contribution < 1.29 is 9.32 Å². The first-order chi connectivity index (χ1) is 9.06. The summed E-state index contributed by atoms with van der Waals surface area (Å²) in [6.45, 7) is 3.90. The third-order valence-electron chi connectivity index (χ3n) is 2.38. The molecule has 0 atom stereocenters. The number of rotatable bonds is 4. The Morgan fingerprint density at radius 2 is 2.26 bits per heavy atom. The summed E-state index contributed by atoms with van der Waals surface area (Å²) in [4.78, 5) is 27.4. The monoisotopic (exact) mass is 262 g/mol. The van der Waals surface area contributed by atoms with Crippen LogP contribution < -0.4 is 10.9 Å². The van der Waals surface area contributed by atoms with Crippen molar-refractivity contribution in [2.45, 2.75) is 26.4 Å². The molecule has 100 valence electrons. The van der Waals surface area contributed by atoms with Crippen molar-refractivity contribution in [2.24, 2.45) is 0 Å². The molecule has 7 nitrogen and oxygen atoms in total.